The fourth-order valence-corrected chi connectivity index (χ4v) is 1.34. The van der Waals surface area contributed by atoms with Crippen LogP contribution in [0.15, 0.2) is 12.1 Å². The molecule has 0 atom stereocenters. The number of pyridine rings is 1. The molecular weight excluding hydrogens is 188 g/mol. The Morgan fingerprint density at radius 1 is 1.33 bits per heavy atom. The number of Topliss-reactive ketones (excluding diaryl/α,β-unsaturated/α-hetero) is 1. The van der Waals surface area contributed by atoms with Gasteiger partial charge in [-0.15, -0.1) is 0 Å². The third-order valence-corrected chi connectivity index (χ3v) is 1.93. The van der Waals surface area contributed by atoms with Gasteiger partial charge in [0.05, 0.1) is 0 Å². The fraction of sp³-hybridized carbons (Fsp3) is 0.500. The smallest absolute Gasteiger partial charge is 0.178 e. The molecule has 15 heavy (non-hydrogen) atoms. The summed E-state index contributed by atoms with van der Waals surface area (Å²) in [6.07, 6.45) is 0. The lowest BCUT2D eigenvalue weighted by Crippen LogP contribution is -2.27. The van der Waals surface area contributed by atoms with E-state index in [1.165, 1.54) is 6.92 Å². The topological polar surface area (TPSA) is 42.0 Å². The first kappa shape index (κ1) is 11.7. The van der Waals surface area contributed by atoms with Crippen LogP contribution in [0.5, 0.6) is 0 Å². The quantitative estimate of drug-likeness (QED) is 0.756. The molecule has 1 aromatic rings. The lowest BCUT2D eigenvalue weighted by atomic mass is 10.1. The zero-order valence-corrected chi connectivity index (χ0v) is 10.0. The van der Waals surface area contributed by atoms with Crippen LogP contribution in [0.25, 0.3) is 0 Å². The van der Waals surface area contributed by atoms with Crippen molar-refractivity contribution in [3.05, 3.63) is 23.4 Å². The molecule has 82 valence electrons. The fourth-order valence-electron chi connectivity index (χ4n) is 1.34. The average molecular weight is 206 g/mol. The van der Waals surface area contributed by atoms with E-state index >= 15 is 0 Å². The summed E-state index contributed by atoms with van der Waals surface area (Å²) in [5.74, 6) is 0.753. The van der Waals surface area contributed by atoms with Crippen LogP contribution in [-0.2, 0) is 0 Å². The number of nitrogens with zero attached hydrogens (tertiary/aromatic N) is 1. The molecule has 0 aliphatic carbocycles. The van der Waals surface area contributed by atoms with E-state index in [1.807, 2.05) is 19.1 Å². The Balaban J connectivity index is 3.03. The van der Waals surface area contributed by atoms with Gasteiger partial charge in [-0.1, -0.05) is 6.07 Å². The number of hydrogen-bond donors (Lipinski definition) is 1. The number of carbonyl (C=O) groups is 1. The second kappa shape index (κ2) is 4.01. The van der Waals surface area contributed by atoms with Gasteiger partial charge < -0.3 is 5.32 Å². The Kier molecular flexibility index (Phi) is 3.12. The Morgan fingerprint density at radius 3 is 2.40 bits per heavy atom. The second-order valence-corrected chi connectivity index (χ2v) is 4.79. The SMILES string of the molecule is CC(=O)c1nc(NC(C)(C)C)ccc1C. The van der Waals surface area contributed by atoms with E-state index in [-0.39, 0.29) is 11.3 Å². The maximum atomic E-state index is 11.3. The van der Waals surface area contributed by atoms with Crippen molar-refractivity contribution in [3.8, 4) is 0 Å². The highest BCUT2D eigenvalue weighted by molar-refractivity contribution is 5.93. The maximum absolute atomic E-state index is 11.3. The van der Waals surface area contributed by atoms with Crippen molar-refractivity contribution in [2.24, 2.45) is 0 Å². The number of carbonyl (C=O) groups excluding carboxylic acids is 1. The number of anilines is 1. The summed E-state index contributed by atoms with van der Waals surface area (Å²) in [6.45, 7) is 9.60. The summed E-state index contributed by atoms with van der Waals surface area (Å²) in [7, 11) is 0. The molecule has 0 amide bonds. The molecule has 3 heteroatoms. The second-order valence-electron chi connectivity index (χ2n) is 4.79. The molecule has 1 rings (SSSR count). The molecule has 0 unspecified atom stereocenters. The number of rotatable bonds is 2. The Hall–Kier alpha value is -1.38. The van der Waals surface area contributed by atoms with Gasteiger partial charge in [0, 0.05) is 12.5 Å². The molecule has 0 aliphatic rings. The van der Waals surface area contributed by atoms with Crippen molar-refractivity contribution in [3.63, 3.8) is 0 Å². The predicted molar refractivity (Wildman–Crippen MR) is 62.4 cm³/mol. The van der Waals surface area contributed by atoms with Gasteiger partial charge in [-0.05, 0) is 39.3 Å². The summed E-state index contributed by atoms with van der Waals surface area (Å²) in [5.41, 5.74) is 1.42. The lowest BCUT2D eigenvalue weighted by Gasteiger charge is -2.21. The largest absolute Gasteiger partial charge is 0.365 e. The van der Waals surface area contributed by atoms with E-state index in [9.17, 15) is 4.79 Å². The third-order valence-electron chi connectivity index (χ3n) is 1.93. The first-order valence-electron chi connectivity index (χ1n) is 5.06. The van der Waals surface area contributed by atoms with Gasteiger partial charge in [-0.25, -0.2) is 4.98 Å². The minimum absolute atomic E-state index is 0.00468. The van der Waals surface area contributed by atoms with Crippen LogP contribution in [0.1, 0.15) is 43.7 Å². The summed E-state index contributed by atoms with van der Waals surface area (Å²) in [6, 6.07) is 3.81. The monoisotopic (exact) mass is 206 g/mol. The molecule has 1 aromatic heterocycles. The zero-order valence-electron chi connectivity index (χ0n) is 10.0. The molecule has 0 radical (unpaired) electrons. The highest BCUT2D eigenvalue weighted by Crippen LogP contribution is 2.15. The molecule has 0 aromatic carbocycles. The van der Waals surface area contributed by atoms with Crippen LogP contribution in [-0.4, -0.2) is 16.3 Å². The summed E-state index contributed by atoms with van der Waals surface area (Å²) in [5, 5.41) is 3.24. The van der Waals surface area contributed by atoms with Gasteiger partial charge in [-0.2, -0.15) is 0 Å². The maximum Gasteiger partial charge on any atom is 0.178 e. The summed E-state index contributed by atoms with van der Waals surface area (Å²) >= 11 is 0. The van der Waals surface area contributed by atoms with Gasteiger partial charge in [-0.3, -0.25) is 4.79 Å². The van der Waals surface area contributed by atoms with Crippen molar-refractivity contribution < 1.29 is 4.79 Å². The van der Waals surface area contributed by atoms with E-state index in [0.717, 1.165) is 11.4 Å². The van der Waals surface area contributed by atoms with Crippen molar-refractivity contribution in [1.29, 1.82) is 0 Å². The molecule has 3 nitrogen and oxygen atoms in total. The highest BCUT2D eigenvalue weighted by Gasteiger charge is 2.12. The van der Waals surface area contributed by atoms with Crippen molar-refractivity contribution in [2.45, 2.75) is 40.2 Å². The minimum atomic E-state index is -0.0453. The predicted octanol–water partition coefficient (Wildman–Crippen LogP) is 2.80. The van der Waals surface area contributed by atoms with Crippen LogP contribution < -0.4 is 5.32 Å². The summed E-state index contributed by atoms with van der Waals surface area (Å²) < 4.78 is 0. The van der Waals surface area contributed by atoms with E-state index in [2.05, 4.69) is 31.1 Å². The van der Waals surface area contributed by atoms with Crippen molar-refractivity contribution in [1.82, 2.24) is 4.98 Å². The van der Waals surface area contributed by atoms with Gasteiger partial charge in [0.15, 0.2) is 5.78 Å². The highest BCUT2D eigenvalue weighted by atomic mass is 16.1. The lowest BCUT2D eigenvalue weighted by molar-refractivity contribution is 0.101. The van der Waals surface area contributed by atoms with E-state index < -0.39 is 0 Å². The number of ketones is 1. The standard InChI is InChI=1S/C12H18N2O/c1-8-6-7-10(14-12(3,4)5)13-11(8)9(2)15/h6-7H,1-5H3,(H,13,14). The molecule has 0 saturated carbocycles. The van der Waals surface area contributed by atoms with Crippen LogP contribution in [0.2, 0.25) is 0 Å². The Bertz CT molecular complexity index is 378. The minimum Gasteiger partial charge on any atom is -0.365 e. The van der Waals surface area contributed by atoms with Crippen molar-refractivity contribution >= 4 is 11.6 Å². The first-order chi connectivity index (χ1) is 6.79. The average Bonchev–Trinajstić information content (AvgIpc) is 2.05. The van der Waals surface area contributed by atoms with Gasteiger partial charge >= 0.3 is 0 Å². The Morgan fingerprint density at radius 2 is 1.93 bits per heavy atom. The normalized spacial score (nSPS) is 11.3. The molecule has 0 spiro atoms. The zero-order chi connectivity index (χ0) is 11.6. The summed E-state index contributed by atoms with van der Waals surface area (Å²) in [4.78, 5) is 15.6. The van der Waals surface area contributed by atoms with E-state index in [0.29, 0.717) is 5.69 Å². The van der Waals surface area contributed by atoms with E-state index in [4.69, 9.17) is 0 Å². The molecule has 0 fully saturated rings. The van der Waals surface area contributed by atoms with Gasteiger partial charge in [0.1, 0.15) is 11.5 Å². The molecule has 0 saturated heterocycles. The number of nitrogens with one attached hydrogen (secondary N) is 1. The molecule has 0 bridgehead atoms. The van der Waals surface area contributed by atoms with E-state index in [1.54, 1.807) is 0 Å². The molecule has 1 N–H and O–H groups in total. The third kappa shape index (κ3) is 3.35. The number of hydrogen-bond acceptors (Lipinski definition) is 3. The Labute approximate surface area is 90.9 Å². The van der Waals surface area contributed by atoms with Gasteiger partial charge in [0.2, 0.25) is 0 Å². The molecule has 0 aliphatic heterocycles. The number of aryl methyl sites for hydroxylation is 1. The van der Waals surface area contributed by atoms with Crippen LogP contribution in [0.3, 0.4) is 0 Å². The number of aromatic nitrogens is 1. The first-order valence-corrected chi connectivity index (χ1v) is 5.06. The molecule has 1 heterocycles. The molecular formula is C12H18N2O. The van der Waals surface area contributed by atoms with Crippen LogP contribution in [0, 0.1) is 6.92 Å². The van der Waals surface area contributed by atoms with Crippen LogP contribution >= 0.6 is 0 Å². The van der Waals surface area contributed by atoms with Gasteiger partial charge in [0.25, 0.3) is 0 Å². The van der Waals surface area contributed by atoms with Crippen LogP contribution in [0.4, 0.5) is 5.82 Å². The van der Waals surface area contributed by atoms with Crippen molar-refractivity contribution in [2.75, 3.05) is 5.32 Å².